The van der Waals surface area contributed by atoms with Gasteiger partial charge < -0.3 is 9.47 Å². The maximum atomic E-state index is 12.3. The highest BCUT2D eigenvalue weighted by Gasteiger charge is 2.37. The van der Waals surface area contributed by atoms with Crippen molar-refractivity contribution in [2.45, 2.75) is 51.6 Å². The molecule has 4 unspecified atom stereocenters. The molecule has 1 aliphatic heterocycles. The third kappa shape index (κ3) is 1.93. The van der Waals surface area contributed by atoms with E-state index in [4.69, 9.17) is 9.47 Å². The Kier molecular flexibility index (Phi) is 3.01. The van der Waals surface area contributed by atoms with Crippen LogP contribution < -0.4 is 0 Å². The molecule has 0 spiro atoms. The van der Waals surface area contributed by atoms with E-state index in [1.165, 1.54) is 0 Å². The van der Waals surface area contributed by atoms with Gasteiger partial charge in [0, 0.05) is 0 Å². The fraction of sp³-hybridized carbons (Fsp3) is 1.00. The summed E-state index contributed by atoms with van der Waals surface area (Å²) in [7, 11) is 0. The van der Waals surface area contributed by atoms with Gasteiger partial charge in [0.05, 0.1) is 18.3 Å². The van der Waals surface area contributed by atoms with Gasteiger partial charge in [-0.3, -0.25) is 0 Å². The summed E-state index contributed by atoms with van der Waals surface area (Å²) in [5.41, 5.74) is 0. The highest BCUT2D eigenvalue weighted by molar-refractivity contribution is 4.78. The molecule has 0 N–H and O–H groups in total. The molecule has 0 aliphatic carbocycles. The van der Waals surface area contributed by atoms with Crippen LogP contribution in [0.3, 0.4) is 0 Å². The molecule has 1 aliphatic rings. The lowest BCUT2D eigenvalue weighted by Crippen LogP contribution is -2.48. The molecular formula is C8H14F2O2. The second-order valence-corrected chi connectivity index (χ2v) is 3.19. The van der Waals surface area contributed by atoms with Crippen LogP contribution in [0.4, 0.5) is 8.78 Å². The Bertz CT molecular complexity index is 152. The maximum Gasteiger partial charge on any atom is 0.266 e. The Balaban J connectivity index is 2.55. The van der Waals surface area contributed by atoms with Crippen molar-refractivity contribution in [2.24, 2.45) is 0 Å². The molecule has 0 saturated carbocycles. The normalized spacial score (nSPS) is 43.5. The van der Waals surface area contributed by atoms with E-state index in [1.54, 1.807) is 13.8 Å². The van der Waals surface area contributed by atoms with Gasteiger partial charge in [0.1, 0.15) is 6.10 Å². The van der Waals surface area contributed by atoms with Crippen molar-refractivity contribution in [3.63, 3.8) is 0 Å². The molecule has 0 radical (unpaired) electrons. The number of hydrogen-bond donors (Lipinski definition) is 0. The number of hydrogen-bond acceptors (Lipinski definition) is 2. The summed E-state index contributed by atoms with van der Waals surface area (Å²) in [6, 6.07) is 0. The van der Waals surface area contributed by atoms with Crippen LogP contribution in [0.25, 0.3) is 0 Å². The highest BCUT2D eigenvalue weighted by Crippen LogP contribution is 2.23. The van der Waals surface area contributed by atoms with Crippen molar-refractivity contribution in [3.05, 3.63) is 0 Å². The Morgan fingerprint density at radius 3 is 1.92 bits per heavy atom. The molecule has 0 aromatic heterocycles. The van der Waals surface area contributed by atoms with Gasteiger partial charge in [0.2, 0.25) is 0 Å². The lowest BCUT2D eigenvalue weighted by Gasteiger charge is -2.37. The summed E-state index contributed by atoms with van der Waals surface area (Å²) in [6.07, 6.45) is -4.41. The van der Waals surface area contributed by atoms with E-state index in [1.807, 2.05) is 6.92 Å². The first-order chi connectivity index (χ1) is 5.52. The molecule has 0 amide bonds. The van der Waals surface area contributed by atoms with Gasteiger partial charge in [-0.1, -0.05) is 0 Å². The zero-order valence-corrected chi connectivity index (χ0v) is 7.46. The van der Waals surface area contributed by atoms with Crippen molar-refractivity contribution < 1.29 is 18.3 Å². The zero-order chi connectivity index (χ0) is 9.30. The minimum atomic E-state index is -2.46. The smallest absolute Gasteiger partial charge is 0.266 e. The van der Waals surface area contributed by atoms with Crippen molar-refractivity contribution >= 4 is 0 Å². The fourth-order valence-electron chi connectivity index (χ4n) is 1.26. The average Bonchev–Trinajstić information content (AvgIpc) is 1.96. The van der Waals surface area contributed by atoms with Crippen molar-refractivity contribution in [1.29, 1.82) is 0 Å². The van der Waals surface area contributed by atoms with E-state index < -0.39 is 18.6 Å². The molecule has 1 saturated heterocycles. The summed E-state index contributed by atoms with van der Waals surface area (Å²) in [5.74, 6) is 0. The summed E-state index contributed by atoms with van der Waals surface area (Å²) in [6.45, 7) is 5.17. The minimum absolute atomic E-state index is 0.102. The summed E-state index contributed by atoms with van der Waals surface area (Å²) >= 11 is 0. The van der Waals surface area contributed by atoms with Crippen LogP contribution in [-0.2, 0) is 9.47 Å². The lowest BCUT2D eigenvalue weighted by atomic mass is 10.1. The summed E-state index contributed by atoms with van der Waals surface area (Å²) < 4.78 is 34.9. The van der Waals surface area contributed by atoms with E-state index in [-0.39, 0.29) is 12.2 Å². The van der Waals surface area contributed by atoms with Crippen molar-refractivity contribution in [1.82, 2.24) is 0 Å². The molecule has 72 valence electrons. The number of rotatable bonds is 1. The Morgan fingerprint density at radius 1 is 0.917 bits per heavy atom. The van der Waals surface area contributed by atoms with Crippen LogP contribution in [0.5, 0.6) is 0 Å². The lowest BCUT2D eigenvalue weighted by molar-refractivity contribution is -0.235. The molecule has 4 atom stereocenters. The Morgan fingerprint density at radius 2 is 1.42 bits per heavy atom. The van der Waals surface area contributed by atoms with Crippen molar-refractivity contribution in [3.8, 4) is 0 Å². The van der Waals surface area contributed by atoms with E-state index >= 15 is 0 Å². The molecular weight excluding hydrogens is 166 g/mol. The Labute approximate surface area is 70.8 Å². The number of ether oxygens (including phenoxy) is 2. The van der Waals surface area contributed by atoms with E-state index in [9.17, 15) is 8.78 Å². The largest absolute Gasteiger partial charge is 0.370 e. The van der Waals surface area contributed by atoms with Crippen molar-refractivity contribution in [2.75, 3.05) is 0 Å². The van der Waals surface area contributed by atoms with Gasteiger partial charge in [-0.05, 0) is 20.8 Å². The SMILES string of the molecule is CC1OC(C)C(C(F)F)OC1C. The number of halogens is 2. The van der Waals surface area contributed by atoms with Gasteiger partial charge in [0.25, 0.3) is 6.43 Å². The van der Waals surface area contributed by atoms with Gasteiger partial charge >= 0.3 is 0 Å². The third-order valence-electron chi connectivity index (χ3n) is 2.17. The minimum Gasteiger partial charge on any atom is -0.370 e. The second kappa shape index (κ2) is 3.66. The second-order valence-electron chi connectivity index (χ2n) is 3.19. The molecule has 12 heavy (non-hydrogen) atoms. The first kappa shape index (κ1) is 9.86. The van der Waals surface area contributed by atoms with E-state index in [0.717, 1.165) is 0 Å². The fourth-order valence-corrected chi connectivity index (χ4v) is 1.26. The van der Waals surface area contributed by atoms with Crippen LogP contribution in [-0.4, -0.2) is 30.8 Å². The molecule has 1 rings (SSSR count). The first-order valence-electron chi connectivity index (χ1n) is 4.11. The summed E-state index contributed by atoms with van der Waals surface area (Å²) in [5, 5.41) is 0. The van der Waals surface area contributed by atoms with Gasteiger partial charge in [-0.25, -0.2) is 8.78 Å². The average molecular weight is 180 g/mol. The van der Waals surface area contributed by atoms with Gasteiger partial charge in [-0.2, -0.15) is 0 Å². The standard InChI is InChI=1S/C8H14F2O2/c1-4-5(2)12-7(8(9)10)6(3)11-4/h4-8H,1-3H3. The summed E-state index contributed by atoms with van der Waals surface area (Å²) in [4.78, 5) is 0. The molecule has 0 aromatic carbocycles. The van der Waals surface area contributed by atoms with Crippen LogP contribution in [0.2, 0.25) is 0 Å². The highest BCUT2D eigenvalue weighted by atomic mass is 19.3. The van der Waals surface area contributed by atoms with E-state index in [2.05, 4.69) is 0 Å². The number of alkyl halides is 2. The van der Waals surface area contributed by atoms with Crippen LogP contribution in [0.1, 0.15) is 20.8 Å². The first-order valence-corrected chi connectivity index (χ1v) is 4.11. The molecule has 4 heteroatoms. The molecule has 0 bridgehead atoms. The van der Waals surface area contributed by atoms with Crippen LogP contribution in [0.15, 0.2) is 0 Å². The molecule has 1 fully saturated rings. The molecule has 1 heterocycles. The monoisotopic (exact) mass is 180 g/mol. The maximum absolute atomic E-state index is 12.3. The van der Waals surface area contributed by atoms with Gasteiger partial charge in [0.15, 0.2) is 0 Å². The van der Waals surface area contributed by atoms with Gasteiger partial charge in [-0.15, -0.1) is 0 Å². The molecule has 0 aromatic rings. The topological polar surface area (TPSA) is 18.5 Å². The predicted octanol–water partition coefficient (Wildman–Crippen LogP) is 1.83. The van der Waals surface area contributed by atoms with E-state index in [0.29, 0.717) is 0 Å². The van der Waals surface area contributed by atoms with Crippen LogP contribution >= 0.6 is 0 Å². The van der Waals surface area contributed by atoms with Crippen LogP contribution in [0, 0.1) is 0 Å². The third-order valence-corrected chi connectivity index (χ3v) is 2.17. The predicted molar refractivity (Wildman–Crippen MR) is 40.3 cm³/mol. The molecule has 2 nitrogen and oxygen atoms in total. The Hall–Kier alpha value is -0.220. The zero-order valence-electron chi connectivity index (χ0n) is 7.46. The quantitative estimate of drug-likeness (QED) is 0.613.